The highest BCUT2D eigenvalue weighted by Gasteiger charge is 2.09. The first kappa shape index (κ1) is 13.1. The fourth-order valence-electron chi connectivity index (χ4n) is 1.76. The molecule has 2 aromatic carbocycles. The predicted octanol–water partition coefficient (Wildman–Crippen LogP) is 3.28. The van der Waals surface area contributed by atoms with Gasteiger partial charge in [-0.1, -0.05) is 6.07 Å². The summed E-state index contributed by atoms with van der Waals surface area (Å²) in [5.41, 5.74) is 8.69. The summed E-state index contributed by atoms with van der Waals surface area (Å²) in [6.07, 6.45) is 0. The van der Waals surface area contributed by atoms with Crippen LogP contribution >= 0.6 is 0 Å². The van der Waals surface area contributed by atoms with Crippen molar-refractivity contribution >= 4 is 17.3 Å². The fourth-order valence-corrected chi connectivity index (χ4v) is 1.76. The number of anilines is 2. The van der Waals surface area contributed by atoms with Crippen molar-refractivity contribution < 1.29 is 9.18 Å². The maximum atomic E-state index is 13.2. The minimum absolute atomic E-state index is 0.305. The van der Waals surface area contributed by atoms with Crippen molar-refractivity contribution in [3.05, 3.63) is 58.9 Å². The molecule has 0 spiro atoms. The van der Waals surface area contributed by atoms with Gasteiger partial charge in [-0.25, -0.2) is 4.39 Å². The summed E-state index contributed by atoms with van der Waals surface area (Å²) >= 11 is 0. The van der Waals surface area contributed by atoms with Crippen molar-refractivity contribution in [2.45, 2.75) is 13.8 Å². The number of carbonyl (C=O) groups is 1. The smallest absolute Gasteiger partial charge is 0.255 e. The van der Waals surface area contributed by atoms with E-state index in [1.807, 2.05) is 13.0 Å². The van der Waals surface area contributed by atoms with Crippen molar-refractivity contribution in [2.75, 3.05) is 11.1 Å². The Morgan fingerprint density at radius 1 is 1.16 bits per heavy atom. The minimum Gasteiger partial charge on any atom is -0.397 e. The molecule has 4 heteroatoms. The van der Waals surface area contributed by atoms with E-state index in [2.05, 4.69) is 5.32 Å². The van der Waals surface area contributed by atoms with Gasteiger partial charge in [-0.2, -0.15) is 0 Å². The van der Waals surface area contributed by atoms with Crippen LogP contribution in [0.1, 0.15) is 21.5 Å². The Labute approximate surface area is 111 Å². The van der Waals surface area contributed by atoms with E-state index in [-0.39, 0.29) is 11.7 Å². The number of aryl methyl sites for hydroxylation is 2. The molecule has 0 atom stereocenters. The van der Waals surface area contributed by atoms with Crippen LogP contribution in [0.3, 0.4) is 0 Å². The van der Waals surface area contributed by atoms with Crippen LogP contribution in [0.4, 0.5) is 15.8 Å². The van der Waals surface area contributed by atoms with Gasteiger partial charge in [-0.15, -0.1) is 0 Å². The second-order valence-electron chi connectivity index (χ2n) is 4.51. The number of benzene rings is 2. The number of nitrogen functional groups attached to an aromatic ring is 1. The number of rotatable bonds is 2. The summed E-state index contributed by atoms with van der Waals surface area (Å²) in [7, 11) is 0. The maximum Gasteiger partial charge on any atom is 0.255 e. The first-order valence-corrected chi connectivity index (χ1v) is 5.91. The lowest BCUT2D eigenvalue weighted by atomic mass is 10.1. The lowest BCUT2D eigenvalue weighted by Gasteiger charge is -2.09. The Morgan fingerprint density at radius 3 is 2.58 bits per heavy atom. The van der Waals surface area contributed by atoms with E-state index in [1.54, 1.807) is 19.1 Å². The second-order valence-corrected chi connectivity index (χ2v) is 4.51. The lowest BCUT2D eigenvalue weighted by Crippen LogP contribution is -2.13. The van der Waals surface area contributed by atoms with Crippen LogP contribution in [0.2, 0.25) is 0 Å². The van der Waals surface area contributed by atoms with Gasteiger partial charge < -0.3 is 11.1 Å². The van der Waals surface area contributed by atoms with E-state index < -0.39 is 0 Å². The molecule has 0 bridgehead atoms. The molecule has 2 aromatic rings. The maximum absolute atomic E-state index is 13.2. The van der Waals surface area contributed by atoms with E-state index >= 15 is 0 Å². The van der Waals surface area contributed by atoms with Crippen molar-refractivity contribution in [2.24, 2.45) is 0 Å². The molecule has 0 radical (unpaired) electrons. The van der Waals surface area contributed by atoms with Crippen LogP contribution in [0.5, 0.6) is 0 Å². The molecular formula is C15H15FN2O. The Hall–Kier alpha value is -2.36. The molecule has 3 N–H and O–H groups in total. The van der Waals surface area contributed by atoms with E-state index in [0.29, 0.717) is 22.5 Å². The van der Waals surface area contributed by atoms with E-state index in [9.17, 15) is 9.18 Å². The van der Waals surface area contributed by atoms with Crippen LogP contribution in [-0.2, 0) is 0 Å². The van der Waals surface area contributed by atoms with Gasteiger partial charge >= 0.3 is 0 Å². The average molecular weight is 258 g/mol. The van der Waals surface area contributed by atoms with Crippen molar-refractivity contribution in [1.82, 2.24) is 0 Å². The van der Waals surface area contributed by atoms with E-state index in [0.717, 1.165) is 5.56 Å². The molecule has 98 valence electrons. The number of hydrogen-bond donors (Lipinski definition) is 2. The third kappa shape index (κ3) is 2.91. The molecule has 0 aromatic heterocycles. The molecule has 0 fully saturated rings. The van der Waals surface area contributed by atoms with Crippen molar-refractivity contribution in [3.63, 3.8) is 0 Å². The second kappa shape index (κ2) is 5.10. The molecule has 2 rings (SSSR count). The van der Waals surface area contributed by atoms with Crippen molar-refractivity contribution in [1.29, 1.82) is 0 Å². The number of halogens is 1. The Balaban J connectivity index is 2.25. The quantitative estimate of drug-likeness (QED) is 0.812. The summed E-state index contributed by atoms with van der Waals surface area (Å²) in [6, 6.07) is 9.64. The Bertz CT molecular complexity index is 638. The molecule has 0 aliphatic carbocycles. The molecule has 0 saturated heterocycles. The number of nitrogens with two attached hydrogens (primary N) is 1. The highest BCUT2D eigenvalue weighted by Crippen LogP contribution is 2.20. The standard InChI is InChI=1S/C15H15FN2O/c1-9-3-6-13(17)14(7-9)18-15(19)11-4-5-12(16)10(2)8-11/h3-8H,17H2,1-2H3,(H,18,19). The molecule has 1 amide bonds. The van der Waals surface area contributed by atoms with Gasteiger partial charge in [0, 0.05) is 5.56 Å². The van der Waals surface area contributed by atoms with Gasteiger partial charge in [-0.05, 0) is 55.3 Å². The summed E-state index contributed by atoms with van der Waals surface area (Å²) in [4.78, 5) is 12.1. The van der Waals surface area contributed by atoms with Gasteiger partial charge in [0.1, 0.15) is 5.82 Å². The Morgan fingerprint density at radius 2 is 1.89 bits per heavy atom. The summed E-state index contributed by atoms with van der Waals surface area (Å²) < 4.78 is 13.2. The van der Waals surface area contributed by atoms with Gasteiger partial charge in [-0.3, -0.25) is 4.79 Å². The van der Waals surface area contributed by atoms with Crippen LogP contribution in [0.15, 0.2) is 36.4 Å². The Kier molecular flexibility index (Phi) is 3.51. The fraction of sp³-hybridized carbons (Fsp3) is 0.133. The first-order chi connectivity index (χ1) is 8.97. The van der Waals surface area contributed by atoms with Gasteiger partial charge in [0.2, 0.25) is 0 Å². The number of amides is 1. The molecule has 3 nitrogen and oxygen atoms in total. The minimum atomic E-state index is -0.327. The summed E-state index contributed by atoms with van der Waals surface area (Å²) in [5.74, 6) is -0.632. The zero-order valence-corrected chi connectivity index (χ0v) is 10.8. The number of nitrogens with one attached hydrogen (secondary N) is 1. The predicted molar refractivity (Wildman–Crippen MR) is 74.7 cm³/mol. The zero-order valence-electron chi connectivity index (χ0n) is 10.8. The van der Waals surface area contributed by atoms with Crippen LogP contribution in [0.25, 0.3) is 0 Å². The third-order valence-electron chi connectivity index (χ3n) is 2.88. The molecule has 0 aliphatic rings. The normalized spacial score (nSPS) is 10.3. The van der Waals surface area contributed by atoms with Gasteiger partial charge in [0.25, 0.3) is 5.91 Å². The number of hydrogen-bond acceptors (Lipinski definition) is 2. The summed E-state index contributed by atoms with van der Waals surface area (Å²) in [6.45, 7) is 3.53. The van der Waals surface area contributed by atoms with E-state index in [4.69, 9.17) is 5.73 Å². The molecular weight excluding hydrogens is 243 g/mol. The SMILES string of the molecule is Cc1ccc(N)c(NC(=O)c2ccc(F)c(C)c2)c1. The van der Waals surface area contributed by atoms with Crippen molar-refractivity contribution in [3.8, 4) is 0 Å². The molecule has 0 heterocycles. The lowest BCUT2D eigenvalue weighted by molar-refractivity contribution is 0.102. The number of carbonyl (C=O) groups excluding carboxylic acids is 1. The molecule has 0 saturated carbocycles. The third-order valence-corrected chi connectivity index (χ3v) is 2.88. The molecule has 0 aliphatic heterocycles. The van der Waals surface area contributed by atoms with Crippen LogP contribution in [-0.4, -0.2) is 5.91 Å². The first-order valence-electron chi connectivity index (χ1n) is 5.91. The highest BCUT2D eigenvalue weighted by molar-refractivity contribution is 6.05. The zero-order chi connectivity index (χ0) is 14.0. The van der Waals surface area contributed by atoms with Gasteiger partial charge in [0.15, 0.2) is 0 Å². The van der Waals surface area contributed by atoms with Crippen LogP contribution in [0, 0.1) is 19.7 Å². The van der Waals surface area contributed by atoms with Crippen LogP contribution < -0.4 is 11.1 Å². The van der Waals surface area contributed by atoms with Gasteiger partial charge in [0.05, 0.1) is 11.4 Å². The van der Waals surface area contributed by atoms with E-state index in [1.165, 1.54) is 18.2 Å². The largest absolute Gasteiger partial charge is 0.397 e. The average Bonchev–Trinajstić information content (AvgIpc) is 2.37. The molecule has 19 heavy (non-hydrogen) atoms. The highest BCUT2D eigenvalue weighted by atomic mass is 19.1. The molecule has 0 unspecified atom stereocenters. The monoisotopic (exact) mass is 258 g/mol. The topological polar surface area (TPSA) is 55.1 Å². The summed E-state index contributed by atoms with van der Waals surface area (Å²) in [5, 5.41) is 2.73.